The molecule has 0 amide bonds. The molecular formula is C18H34N2O4. The van der Waals surface area contributed by atoms with Crippen LogP contribution in [0.15, 0.2) is 24.8 Å². The summed E-state index contributed by atoms with van der Waals surface area (Å²) in [6.07, 6.45) is 1.66. The third-order valence-electron chi connectivity index (χ3n) is 2.55. The zero-order chi connectivity index (χ0) is 19.4. The highest BCUT2D eigenvalue weighted by Gasteiger charge is 2.09. The second kappa shape index (κ2) is 11.8. The van der Waals surface area contributed by atoms with E-state index in [1.54, 1.807) is 0 Å². The summed E-state index contributed by atoms with van der Waals surface area (Å²) < 4.78 is 4.77. The fourth-order valence-electron chi connectivity index (χ4n) is 1.33. The van der Waals surface area contributed by atoms with Crippen molar-refractivity contribution in [2.75, 3.05) is 19.7 Å². The lowest BCUT2D eigenvalue weighted by Crippen LogP contribution is -2.38. The van der Waals surface area contributed by atoms with Crippen LogP contribution in [0.5, 0.6) is 0 Å². The first kappa shape index (κ1) is 24.6. The second-order valence-corrected chi connectivity index (χ2v) is 7.38. The molecule has 0 saturated heterocycles. The molecule has 3 N–H and O–H groups in total. The van der Waals surface area contributed by atoms with Crippen molar-refractivity contribution in [2.24, 2.45) is 0 Å². The molecule has 6 nitrogen and oxygen atoms in total. The van der Waals surface area contributed by atoms with Gasteiger partial charge in [0.1, 0.15) is 6.61 Å². The molecule has 0 atom stereocenters. The van der Waals surface area contributed by atoms with Gasteiger partial charge in [0.15, 0.2) is 0 Å². The molecule has 140 valence electrons. The lowest BCUT2D eigenvalue weighted by molar-refractivity contribution is -0.137. The normalized spacial score (nSPS) is 11.1. The highest BCUT2D eigenvalue weighted by atomic mass is 16.5. The number of nitrogens with one attached hydrogen (secondary N) is 2. The van der Waals surface area contributed by atoms with Crippen LogP contribution in [0, 0.1) is 0 Å². The van der Waals surface area contributed by atoms with E-state index in [0.717, 1.165) is 6.08 Å². The zero-order valence-electron chi connectivity index (χ0n) is 16.0. The predicted molar refractivity (Wildman–Crippen MR) is 98.1 cm³/mol. The van der Waals surface area contributed by atoms with Gasteiger partial charge in [-0.1, -0.05) is 13.2 Å². The Hall–Kier alpha value is -1.66. The van der Waals surface area contributed by atoms with Crippen LogP contribution in [0.1, 0.15) is 48.0 Å². The Bertz CT molecular complexity index is 416. The summed E-state index contributed by atoms with van der Waals surface area (Å²) in [6, 6.07) is 0. The van der Waals surface area contributed by atoms with Gasteiger partial charge in [0.2, 0.25) is 0 Å². The predicted octanol–water partition coefficient (Wildman–Crippen LogP) is 2.51. The molecule has 0 rings (SSSR count). The van der Waals surface area contributed by atoms with Gasteiger partial charge in [-0.05, 0) is 54.5 Å². The maximum Gasteiger partial charge on any atom is 0.330 e. The molecule has 0 spiro atoms. The quantitative estimate of drug-likeness (QED) is 0.357. The number of carboxylic acids is 1. The van der Waals surface area contributed by atoms with Crippen LogP contribution < -0.4 is 10.6 Å². The van der Waals surface area contributed by atoms with Gasteiger partial charge in [-0.15, -0.1) is 0 Å². The number of carbonyl (C=O) groups is 2. The lowest BCUT2D eigenvalue weighted by Gasteiger charge is -2.20. The molecule has 0 aliphatic heterocycles. The van der Waals surface area contributed by atoms with Crippen molar-refractivity contribution in [3.8, 4) is 0 Å². The summed E-state index contributed by atoms with van der Waals surface area (Å²) in [5, 5.41) is 14.9. The van der Waals surface area contributed by atoms with Crippen LogP contribution in [0.25, 0.3) is 0 Å². The fraction of sp³-hybridized carbons (Fsp3) is 0.667. The first-order valence-electron chi connectivity index (χ1n) is 7.99. The summed E-state index contributed by atoms with van der Waals surface area (Å²) in [4.78, 5) is 20.9. The van der Waals surface area contributed by atoms with E-state index >= 15 is 0 Å². The second-order valence-electron chi connectivity index (χ2n) is 7.38. The van der Waals surface area contributed by atoms with Gasteiger partial charge >= 0.3 is 11.9 Å². The number of carboxylic acid groups (broad SMARTS) is 1. The number of hydrogen-bond acceptors (Lipinski definition) is 5. The Labute approximate surface area is 146 Å². The van der Waals surface area contributed by atoms with E-state index < -0.39 is 5.97 Å². The van der Waals surface area contributed by atoms with Crippen LogP contribution in [0.3, 0.4) is 0 Å². The average molecular weight is 342 g/mol. The third kappa shape index (κ3) is 20.3. The number of carbonyl (C=O) groups excluding carboxylic acids is 1. The molecule has 0 aliphatic rings. The molecule has 0 fully saturated rings. The first-order valence-corrected chi connectivity index (χ1v) is 7.99. The monoisotopic (exact) mass is 342 g/mol. The molecule has 0 aliphatic carbocycles. The molecule has 0 radical (unpaired) electrons. The number of esters is 1. The summed E-state index contributed by atoms with van der Waals surface area (Å²) in [5.74, 6) is -1.28. The maximum absolute atomic E-state index is 10.6. The van der Waals surface area contributed by atoms with E-state index in [9.17, 15) is 9.59 Å². The Kier molecular flexibility index (Phi) is 12.1. The van der Waals surface area contributed by atoms with Crippen LogP contribution in [0.4, 0.5) is 0 Å². The van der Waals surface area contributed by atoms with E-state index in [1.807, 2.05) is 20.8 Å². The Balaban J connectivity index is 0. The Morgan fingerprint density at radius 2 is 1.50 bits per heavy atom. The average Bonchev–Trinajstić information content (AvgIpc) is 2.41. The maximum atomic E-state index is 10.6. The van der Waals surface area contributed by atoms with Gasteiger partial charge in [-0.2, -0.15) is 0 Å². The minimum Gasteiger partial charge on any atom is -0.478 e. The van der Waals surface area contributed by atoms with E-state index in [2.05, 4.69) is 44.6 Å². The molecule has 0 heterocycles. The van der Waals surface area contributed by atoms with Crippen molar-refractivity contribution in [2.45, 2.75) is 59.0 Å². The van der Waals surface area contributed by atoms with Crippen molar-refractivity contribution in [3.05, 3.63) is 24.8 Å². The summed E-state index contributed by atoms with van der Waals surface area (Å²) in [5.41, 5.74) is 0.367. The highest BCUT2D eigenvalue weighted by Crippen LogP contribution is 2.01. The van der Waals surface area contributed by atoms with E-state index in [1.165, 1.54) is 0 Å². The summed E-state index contributed by atoms with van der Waals surface area (Å²) >= 11 is 0. The highest BCUT2D eigenvalue weighted by molar-refractivity contribution is 5.85. The van der Waals surface area contributed by atoms with Crippen LogP contribution in [-0.4, -0.2) is 47.8 Å². The fourth-order valence-corrected chi connectivity index (χ4v) is 1.33. The van der Waals surface area contributed by atoms with Gasteiger partial charge in [0, 0.05) is 29.3 Å². The van der Waals surface area contributed by atoms with Crippen molar-refractivity contribution in [1.29, 1.82) is 0 Å². The van der Waals surface area contributed by atoms with Crippen LogP contribution >= 0.6 is 0 Å². The van der Waals surface area contributed by atoms with E-state index in [0.29, 0.717) is 26.1 Å². The van der Waals surface area contributed by atoms with Crippen molar-refractivity contribution >= 4 is 11.9 Å². The van der Waals surface area contributed by atoms with E-state index in [-0.39, 0.29) is 22.6 Å². The van der Waals surface area contributed by atoms with Crippen molar-refractivity contribution < 1.29 is 19.4 Å². The van der Waals surface area contributed by atoms with Crippen LogP contribution in [-0.2, 0) is 14.3 Å². The number of rotatable bonds is 8. The number of aliphatic carboxylic acids is 1. The van der Waals surface area contributed by atoms with Crippen LogP contribution in [0.2, 0.25) is 0 Å². The topological polar surface area (TPSA) is 87.7 Å². The van der Waals surface area contributed by atoms with E-state index in [4.69, 9.17) is 9.84 Å². The minimum atomic E-state index is -0.911. The lowest BCUT2D eigenvalue weighted by atomic mass is 10.1. The summed E-state index contributed by atoms with van der Waals surface area (Å²) in [7, 11) is 0. The molecule has 0 bridgehead atoms. The van der Waals surface area contributed by atoms with Gasteiger partial charge in [-0.3, -0.25) is 0 Å². The molecule has 0 aromatic heterocycles. The van der Waals surface area contributed by atoms with Gasteiger partial charge < -0.3 is 20.5 Å². The standard InChI is InChI=1S/2C9H17NO2/c1-7(8(11)12)5-6-10-9(2,3)4;1-5-8(11)12-7-6-10-9(2,3)4/h10H,1,5-6H2,2-4H3,(H,11,12);5,10H,1,6-7H2,2-4H3. The third-order valence-corrected chi connectivity index (χ3v) is 2.55. The SMILES string of the molecule is C=C(CCNC(C)(C)C)C(=O)O.C=CC(=O)OCCNC(C)(C)C. The smallest absolute Gasteiger partial charge is 0.330 e. The van der Waals surface area contributed by atoms with Gasteiger partial charge in [0.05, 0.1) is 0 Å². The van der Waals surface area contributed by atoms with Gasteiger partial charge in [0.25, 0.3) is 0 Å². The minimum absolute atomic E-state index is 0.0405. The number of hydrogen-bond donors (Lipinski definition) is 3. The largest absolute Gasteiger partial charge is 0.478 e. The molecule has 0 unspecified atom stereocenters. The Morgan fingerprint density at radius 3 is 1.88 bits per heavy atom. The molecule has 24 heavy (non-hydrogen) atoms. The Morgan fingerprint density at radius 1 is 1.04 bits per heavy atom. The number of ether oxygens (including phenoxy) is 1. The summed E-state index contributed by atoms with van der Waals surface area (Å²) in [6.45, 7) is 20.7. The molecule has 0 aromatic carbocycles. The van der Waals surface area contributed by atoms with Crippen molar-refractivity contribution in [1.82, 2.24) is 10.6 Å². The molecule has 6 heteroatoms. The molecular weight excluding hydrogens is 308 g/mol. The van der Waals surface area contributed by atoms with Gasteiger partial charge in [-0.25, -0.2) is 9.59 Å². The molecule has 0 aromatic rings. The van der Waals surface area contributed by atoms with Crippen molar-refractivity contribution in [3.63, 3.8) is 0 Å². The first-order chi connectivity index (χ1) is 10.8. The molecule has 0 saturated carbocycles. The zero-order valence-corrected chi connectivity index (χ0v) is 16.0.